The molecule has 7 heteroatoms. The van der Waals surface area contributed by atoms with Crippen molar-refractivity contribution in [2.75, 3.05) is 19.4 Å². The zero-order chi connectivity index (χ0) is 18.4. The summed E-state index contributed by atoms with van der Waals surface area (Å²) in [5.74, 6) is 0. The highest BCUT2D eigenvalue weighted by atomic mass is 32.2. The van der Waals surface area contributed by atoms with Gasteiger partial charge in [-0.25, -0.2) is 17.5 Å². The van der Waals surface area contributed by atoms with E-state index in [0.29, 0.717) is 6.54 Å². The minimum atomic E-state index is -3.44. The van der Waals surface area contributed by atoms with Crippen LogP contribution in [-0.4, -0.2) is 32.8 Å². The molecule has 0 heterocycles. The molecular weight excluding hydrogens is 338 g/mol. The fraction of sp³-hybridized carbons (Fsp3) is 0.278. The molecule has 0 unspecified atom stereocenters. The third-order valence-corrected chi connectivity index (χ3v) is 5.63. The SMILES string of the molecule is CCc1ccccc1NC(=O)NCc1ccc(S(=O)(=O)N(C)C)cc1. The summed E-state index contributed by atoms with van der Waals surface area (Å²) in [5.41, 5.74) is 2.67. The number of carbonyl (C=O) groups excluding carboxylic acids is 1. The first-order chi connectivity index (χ1) is 11.8. The van der Waals surface area contributed by atoms with Gasteiger partial charge in [-0.2, -0.15) is 0 Å². The number of hydrogen-bond acceptors (Lipinski definition) is 3. The van der Waals surface area contributed by atoms with Crippen molar-refractivity contribution in [1.29, 1.82) is 0 Å². The maximum atomic E-state index is 12.0. The third-order valence-electron chi connectivity index (χ3n) is 3.80. The predicted octanol–water partition coefficient (Wildman–Crippen LogP) is 2.82. The van der Waals surface area contributed by atoms with Crippen molar-refractivity contribution >= 4 is 21.7 Å². The highest BCUT2D eigenvalue weighted by Crippen LogP contribution is 2.16. The molecule has 0 spiro atoms. The third kappa shape index (κ3) is 4.80. The van der Waals surface area contributed by atoms with E-state index < -0.39 is 10.0 Å². The van der Waals surface area contributed by atoms with Crippen LogP contribution >= 0.6 is 0 Å². The Morgan fingerprint density at radius 2 is 1.68 bits per heavy atom. The first-order valence-electron chi connectivity index (χ1n) is 7.99. The molecule has 0 saturated carbocycles. The lowest BCUT2D eigenvalue weighted by atomic mass is 10.1. The molecule has 134 valence electrons. The monoisotopic (exact) mass is 361 g/mol. The standard InChI is InChI=1S/C18H23N3O3S/c1-4-15-7-5-6-8-17(15)20-18(22)19-13-14-9-11-16(12-10-14)25(23,24)21(2)3/h5-12H,4,13H2,1-3H3,(H2,19,20,22). The molecule has 0 saturated heterocycles. The molecule has 25 heavy (non-hydrogen) atoms. The van der Waals surface area contributed by atoms with Crippen molar-refractivity contribution in [3.8, 4) is 0 Å². The van der Waals surface area contributed by atoms with Gasteiger partial charge >= 0.3 is 6.03 Å². The lowest BCUT2D eigenvalue weighted by molar-refractivity contribution is 0.251. The van der Waals surface area contributed by atoms with Crippen LogP contribution in [0.15, 0.2) is 53.4 Å². The number of nitrogens with zero attached hydrogens (tertiary/aromatic N) is 1. The van der Waals surface area contributed by atoms with Crippen molar-refractivity contribution in [3.05, 3.63) is 59.7 Å². The fourth-order valence-electron chi connectivity index (χ4n) is 2.29. The van der Waals surface area contributed by atoms with Crippen LogP contribution in [0.3, 0.4) is 0 Å². The second kappa shape index (κ2) is 8.13. The number of sulfonamides is 1. The highest BCUT2D eigenvalue weighted by Gasteiger charge is 2.16. The second-order valence-corrected chi connectivity index (χ2v) is 7.90. The molecule has 2 aromatic carbocycles. The van der Waals surface area contributed by atoms with E-state index in [1.165, 1.54) is 30.5 Å². The Morgan fingerprint density at radius 3 is 2.28 bits per heavy atom. The van der Waals surface area contributed by atoms with E-state index >= 15 is 0 Å². The number of anilines is 1. The Bertz CT molecular complexity index is 831. The van der Waals surface area contributed by atoms with Gasteiger partial charge in [0.2, 0.25) is 10.0 Å². The first kappa shape index (κ1) is 19.0. The highest BCUT2D eigenvalue weighted by molar-refractivity contribution is 7.89. The van der Waals surface area contributed by atoms with Gasteiger partial charge in [0.15, 0.2) is 0 Å². The number of nitrogens with one attached hydrogen (secondary N) is 2. The van der Waals surface area contributed by atoms with Gasteiger partial charge in [0.05, 0.1) is 4.90 Å². The summed E-state index contributed by atoms with van der Waals surface area (Å²) < 4.78 is 25.2. The van der Waals surface area contributed by atoms with Crippen LogP contribution < -0.4 is 10.6 Å². The fourth-order valence-corrected chi connectivity index (χ4v) is 3.19. The molecule has 0 bridgehead atoms. The summed E-state index contributed by atoms with van der Waals surface area (Å²) in [7, 11) is -0.461. The van der Waals surface area contributed by atoms with Gasteiger partial charge in [-0.3, -0.25) is 0 Å². The molecule has 0 aliphatic heterocycles. The topological polar surface area (TPSA) is 78.5 Å². The van der Waals surface area contributed by atoms with Gasteiger partial charge in [0, 0.05) is 26.3 Å². The van der Waals surface area contributed by atoms with E-state index in [9.17, 15) is 13.2 Å². The van der Waals surface area contributed by atoms with E-state index in [1.807, 2.05) is 31.2 Å². The van der Waals surface area contributed by atoms with E-state index in [-0.39, 0.29) is 10.9 Å². The molecule has 6 nitrogen and oxygen atoms in total. The summed E-state index contributed by atoms with van der Waals surface area (Å²) in [6.07, 6.45) is 0.832. The summed E-state index contributed by atoms with van der Waals surface area (Å²) in [5, 5.41) is 5.60. The van der Waals surface area contributed by atoms with E-state index in [0.717, 1.165) is 23.2 Å². The molecule has 2 N–H and O–H groups in total. The summed E-state index contributed by atoms with van der Waals surface area (Å²) in [6.45, 7) is 2.34. The van der Waals surface area contributed by atoms with Crippen molar-refractivity contribution in [1.82, 2.24) is 9.62 Å². The van der Waals surface area contributed by atoms with Crippen molar-refractivity contribution in [2.24, 2.45) is 0 Å². The molecule has 0 fully saturated rings. The Morgan fingerprint density at radius 1 is 1.04 bits per heavy atom. The van der Waals surface area contributed by atoms with E-state index in [2.05, 4.69) is 10.6 Å². The van der Waals surface area contributed by atoms with Crippen LogP contribution in [-0.2, 0) is 23.0 Å². The molecular formula is C18H23N3O3S. The van der Waals surface area contributed by atoms with Gasteiger partial charge in [-0.05, 0) is 35.7 Å². The summed E-state index contributed by atoms with van der Waals surface area (Å²) >= 11 is 0. The van der Waals surface area contributed by atoms with Crippen molar-refractivity contribution in [3.63, 3.8) is 0 Å². The molecule has 2 amide bonds. The van der Waals surface area contributed by atoms with Gasteiger partial charge in [-0.1, -0.05) is 37.3 Å². The molecule has 2 aromatic rings. The first-order valence-corrected chi connectivity index (χ1v) is 9.43. The number of amides is 2. The van der Waals surface area contributed by atoms with Gasteiger partial charge < -0.3 is 10.6 Å². The molecule has 2 rings (SSSR count). The zero-order valence-electron chi connectivity index (χ0n) is 14.6. The largest absolute Gasteiger partial charge is 0.334 e. The average Bonchev–Trinajstić information content (AvgIpc) is 2.60. The molecule has 0 aliphatic carbocycles. The number of aryl methyl sites for hydroxylation is 1. The minimum absolute atomic E-state index is 0.225. The molecule has 0 atom stereocenters. The Kier molecular flexibility index (Phi) is 6.17. The molecule has 0 aliphatic rings. The number of rotatable bonds is 6. The second-order valence-electron chi connectivity index (χ2n) is 5.75. The van der Waals surface area contributed by atoms with Crippen molar-refractivity contribution < 1.29 is 13.2 Å². The summed E-state index contributed by atoms with van der Waals surface area (Å²) in [4.78, 5) is 12.3. The quantitative estimate of drug-likeness (QED) is 0.830. The zero-order valence-corrected chi connectivity index (χ0v) is 15.4. The summed E-state index contributed by atoms with van der Waals surface area (Å²) in [6, 6.07) is 13.8. The lowest BCUT2D eigenvalue weighted by Crippen LogP contribution is -2.28. The Labute approximate surface area is 148 Å². The number of benzene rings is 2. The maximum Gasteiger partial charge on any atom is 0.319 e. The maximum absolute atomic E-state index is 12.0. The van der Waals surface area contributed by atoms with E-state index in [4.69, 9.17) is 0 Å². The van der Waals surface area contributed by atoms with Gasteiger partial charge in [0.1, 0.15) is 0 Å². The van der Waals surface area contributed by atoms with Crippen LogP contribution in [0.1, 0.15) is 18.1 Å². The average molecular weight is 361 g/mol. The van der Waals surface area contributed by atoms with Crippen molar-refractivity contribution in [2.45, 2.75) is 24.8 Å². The van der Waals surface area contributed by atoms with Gasteiger partial charge in [-0.15, -0.1) is 0 Å². The Balaban J connectivity index is 1.96. The smallest absolute Gasteiger partial charge is 0.319 e. The molecule has 0 aromatic heterocycles. The molecule has 0 radical (unpaired) electrons. The number of urea groups is 1. The van der Waals surface area contributed by atoms with Crippen LogP contribution in [0.5, 0.6) is 0 Å². The van der Waals surface area contributed by atoms with Crippen LogP contribution in [0.2, 0.25) is 0 Å². The lowest BCUT2D eigenvalue weighted by Gasteiger charge is -2.13. The minimum Gasteiger partial charge on any atom is -0.334 e. The van der Waals surface area contributed by atoms with E-state index in [1.54, 1.807) is 12.1 Å². The number of carbonyl (C=O) groups is 1. The number of para-hydroxylation sites is 1. The number of hydrogen-bond donors (Lipinski definition) is 2. The normalized spacial score (nSPS) is 11.4. The predicted molar refractivity (Wildman–Crippen MR) is 99.0 cm³/mol. The van der Waals surface area contributed by atoms with Crippen LogP contribution in [0.25, 0.3) is 0 Å². The Hall–Kier alpha value is -2.38. The van der Waals surface area contributed by atoms with Crippen LogP contribution in [0.4, 0.5) is 10.5 Å². The van der Waals surface area contributed by atoms with Gasteiger partial charge in [0.25, 0.3) is 0 Å². The van der Waals surface area contributed by atoms with Crippen LogP contribution in [0, 0.1) is 0 Å².